The summed E-state index contributed by atoms with van der Waals surface area (Å²) < 4.78 is 11.1. The quantitative estimate of drug-likeness (QED) is 0.224. The minimum atomic E-state index is -1.84. The van der Waals surface area contributed by atoms with E-state index in [0.717, 1.165) is 24.3 Å². The van der Waals surface area contributed by atoms with Gasteiger partial charge in [0.05, 0.1) is 12.2 Å². The van der Waals surface area contributed by atoms with Crippen LogP contribution in [0.25, 0.3) is 22.3 Å². The molecule has 4 rings (SSSR count). The first-order chi connectivity index (χ1) is 15.5. The number of ether oxygens (including phenoxy) is 1. The van der Waals surface area contributed by atoms with Crippen LogP contribution in [0.5, 0.6) is 28.7 Å². The molecule has 1 saturated heterocycles. The number of hydrogen-bond acceptors (Lipinski definition) is 12. The van der Waals surface area contributed by atoms with Crippen LogP contribution in [-0.2, 0) is 4.74 Å². The molecule has 3 aromatic rings. The molecule has 33 heavy (non-hydrogen) atoms. The Kier molecular flexibility index (Phi) is 5.56. The maximum atomic E-state index is 12.8. The summed E-state index contributed by atoms with van der Waals surface area (Å²) in [4.78, 5) is 12.8. The molecule has 9 N–H and O–H groups in total. The average Bonchev–Trinajstić information content (AvgIpc) is 2.76. The zero-order valence-electron chi connectivity index (χ0n) is 16.7. The molecule has 12 nitrogen and oxygen atoms in total. The van der Waals surface area contributed by atoms with Gasteiger partial charge in [0.15, 0.2) is 28.3 Å². The Bertz CT molecular complexity index is 1260. The molecule has 1 aromatic heterocycles. The summed E-state index contributed by atoms with van der Waals surface area (Å²) >= 11 is 0. The van der Waals surface area contributed by atoms with Gasteiger partial charge < -0.3 is 55.1 Å². The summed E-state index contributed by atoms with van der Waals surface area (Å²) in [7, 11) is 0. The van der Waals surface area contributed by atoms with Gasteiger partial charge in [-0.3, -0.25) is 4.79 Å². The Morgan fingerprint density at radius 3 is 2.03 bits per heavy atom. The van der Waals surface area contributed by atoms with E-state index in [1.165, 1.54) is 0 Å². The zero-order chi connectivity index (χ0) is 24.2. The lowest BCUT2D eigenvalue weighted by molar-refractivity contribution is -0.231. The lowest BCUT2D eigenvalue weighted by Gasteiger charge is -2.40. The molecule has 176 valence electrons. The van der Waals surface area contributed by atoms with Crippen LogP contribution in [-0.4, -0.2) is 77.0 Å². The molecule has 5 atom stereocenters. The molecule has 2 heterocycles. The Hall–Kier alpha value is -3.55. The molecule has 0 saturated carbocycles. The molecule has 1 aliphatic heterocycles. The van der Waals surface area contributed by atoms with Gasteiger partial charge in [-0.05, 0) is 12.1 Å². The molecule has 0 amide bonds. The van der Waals surface area contributed by atoms with E-state index in [1.807, 2.05) is 0 Å². The number of benzene rings is 2. The molecule has 0 aliphatic carbocycles. The largest absolute Gasteiger partial charge is 0.507 e. The number of aliphatic hydroxyl groups is 4. The van der Waals surface area contributed by atoms with Crippen molar-refractivity contribution in [2.24, 2.45) is 0 Å². The highest BCUT2D eigenvalue weighted by Crippen LogP contribution is 2.44. The smallest absolute Gasteiger partial charge is 0.200 e. The summed E-state index contributed by atoms with van der Waals surface area (Å²) in [6.45, 7) is -0.751. The number of aromatic hydroxyl groups is 5. The van der Waals surface area contributed by atoms with E-state index in [9.17, 15) is 50.8 Å². The van der Waals surface area contributed by atoms with Crippen molar-refractivity contribution in [3.63, 3.8) is 0 Å². The zero-order valence-corrected chi connectivity index (χ0v) is 16.7. The molecular weight excluding hydrogens is 444 g/mol. The first-order valence-corrected chi connectivity index (χ1v) is 9.63. The van der Waals surface area contributed by atoms with Crippen molar-refractivity contribution in [3.8, 4) is 40.1 Å². The summed E-state index contributed by atoms with van der Waals surface area (Å²) in [6, 6.07) is 3.68. The van der Waals surface area contributed by atoms with Gasteiger partial charge in [-0.15, -0.1) is 0 Å². The van der Waals surface area contributed by atoms with Crippen molar-refractivity contribution in [1.82, 2.24) is 0 Å². The van der Waals surface area contributed by atoms with Gasteiger partial charge >= 0.3 is 0 Å². The summed E-state index contributed by atoms with van der Waals surface area (Å²) in [5.41, 5.74) is -1.72. The van der Waals surface area contributed by atoms with Crippen molar-refractivity contribution in [3.05, 3.63) is 40.1 Å². The normalized spacial score (nSPS) is 25.4. The van der Waals surface area contributed by atoms with Crippen LogP contribution in [0.15, 0.2) is 33.5 Å². The van der Waals surface area contributed by atoms with Gasteiger partial charge in [-0.25, -0.2) is 0 Å². The minimum absolute atomic E-state index is 0.0654. The van der Waals surface area contributed by atoms with E-state index in [2.05, 4.69) is 0 Å². The van der Waals surface area contributed by atoms with Gasteiger partial charge in [-0.2, -0.15) is 0 Å². The van der Waals surface area contributed by atoms with E-state index in [-0.39, 0.29) is 16.9 Å². The number of phenols is 5. The molecular formula is C21H20O12. The summed E-state index contributed by atoms with van der Waals surface area (Å²) in [5.74, 6) is -3.89. The van der Waals surface area contributed by atoms with E-state index in [1.54, 1.807) is 0 Å². The fraction of sp³-hybridized carbons (Fsp3) is 0.286. The van der Waals surface area contributed by atoms with Crippen LogP contribution in [0.3, 0.4) is 0 Å². The van der Waals surface area contributed by atoms with E-state index < -0.39 is 82.3 Å². The third kappa shape index (κ3) is 3.59. The van der Waals surface area contributed by atoms with Crippen molar-refractivity contribution in [2.75, 3.05) is 6.61 Å². The topological polar surface area (TPSA) is 222 Å². The Morgan fingerprint density at radius 1 is 0.788 bits per heavy atom. The van der Waals surface area contributed by atoms with Crippen LogP contribution in [0.4, 0.5) is 0 Å². The van der Waals surface area contributed by atoms with Crippen molar-refractivity contribution in [2.45, 2.75) is 30.5 Å². The second kappa shape index (κ2) is 8.10. The Balaban J connectivity index is 1.99. The second-order valence-corrected chi connectivity index (χ2v) is 7.62. The number of rotatable bonds is 3. The van der Waals surface area contributed by atoms with Crippen molar-refractivity contribution >= 4 is 11.0 Å². The molecule has 1 aliphatic rings. The molecule has 12 heteroatoms. The van der Waals surface area contributed by atoms with Crippen LogP contribution >= 0.6 is 0 Å². The fourth-order valence-corrected chi connectivity index (χ4v) is 3.83. The molecule has 0 bridgehead atoms. The predicted molar refractivity (Wildman–Crippen MR) is 109 cm³/mol. The monoisotopic (exact) mass is 464 g/mol. The first kappa shape index (κ1) is 22.6. The Morgan fingerprint density at radius 2 is 1.42 bits per heavy atom. The van der Waals surface area contributed by atoms with Crippen molar-refractivity contribution < 1.29 is 55.1 Å². The third-order valence-corrected chi connectivity index (χ3v) is 5.53. The lowest BCUT2D eigenvalue weighted by Crippen LogP contribution is -2.55. The van der Waals surface area contributed by atoms with Crippen LogP contribution in [0, 0.1) is 0 Å². The van der Waals surface area contributed by atoms with E-state index in [0.29, 0.717) is 0 Å². The molecule has 1 fully saturated rings. The first-order valence-electron chi connectivity index (χ1n) is 9.63. The van der Waals surface area contributed by atoms with Crippen LogP contribution in [0.2, 0.25) is 0 Å². The average molecular weight is 464 g/mol. The van der Waals surface area contributed by atoms with Gasteiger partial charge in [0.2, 0.25) is 0 Å². The number of hydrogen-bond donors (Lipinski definition) is 9. The maximum absolute atomic E-state index is 12.8. The third-order valence-electron chi connectivity index (χ3n) is 5.53. The number of fused-ring (bicyclic) bond motifs is 1. The molecule has 0 spiro atoms. The van der Waals surface area contributed by atoms with Gasteiger partial charge in [0.25, 0.3) is 0 Å². The highest BCUT2D eigenvalue weighted by Gasteiger charge is 2.46. The fourth-order valence-electron chi connectivity index (χ4n) is 3.83. The lowest BCUT2D eigenvalue weighted by atomic mass is 9.89. The highest BCUT2D eigenvalue weighted by molar-refractivity contribution is 5.89. The van der Waals surface area contributed by atoms with Crippen molar-refractivity contribution in [1.29, 1.82) is 0 Å². The SMILES string of the molecule is O=c1cc(-c2cc(O)c(O)c(O)c2)oc2c([C@@H]3O[C@H](CO)[C@@H](O)[C@H](O)[C@H]3O)c(O)cc(O)c12. The van der Waals surface area contributed by atoms with Crippen LogP contribution < -0.4 is 5.43 Å². The van der Waals surface area contributed by atoms with Gasteiger partial charge in [0, 0.05) is 17.7 Å². The predicted octanol–water partition coefficient (Wildman–Crippen LogP) is -0.497. The molecule has 2 aromatic carbocycles. The number of phenolic OH excluding ortho intramolecular Hbond substituents is 5. The Labute approximate surface area is 184 Å². The second-order valence-electron chi connectivity index (χ2n) is 7.62. The number of aliphatic hydroxyl groups excluding tert-OH is 4. The standard InChI is InChI=1S/C21H20O12/c22-5-13-17(29)18(30)19(31)21(33-13)15-8(24)3-7(23)14-9(25)4-12(32-20(14)15)6-1-10(26)16(28)11(27)2-6/h1-4,13,17-19,21-24,26-31H,5H2/t13-,17-,18+,19-,21+/m1/s1. The van der Waals surface area contributed by atoms with E-state index >= 15 is 0 Å². The minimum Gasteiger partial charge on any atom is -0.507 e. The summed E-state index contributed by atoms with van der Waals surface area (Å²) in [6.07, 6.45) is -8.26. The molecule has 0 unspecified atom stereocenters. The highest BCUT2D eigenvalue weighted by atomic mass is 16.5. The van der Waals surface area contributed by atoms with Gasteiger partial charge in [-0.1, -0.05) is 0 Å². The summed E-state index contributed by atoms with van der Waals surface area (Å²) in [5, 5.41) is 89.5. The molecule has 0 radical (unpaired) electrons. The van der Waals surface area contributed by atoms with Crippen LogP contribution in [0.1, 0.15) is 11.7 Å². The maximum Gasteiger partial charge on any atom is 0.200 e. The van der Waals surface area contributed by atoms with Gasteiger partial charge in [0.1, 0.15) is 53.2 Å². The van der Waals surface area contributed by atoms with E-state index in [4.69, 9.17) is 9.15 Å².